The highest BCUT2D eigenvalue weighted by Crippen LogP contribution is 2.32. The third-order valence-electron chi connectivity index (χ3n) is 11.2. The lowest BCUT2D eigenvalue weighted by molar-refractivity contribution is -0.143. The van der Waals surface area contributed by atoms with Crippen LogP contribution in [0.4, 0.5) is 23.1 Å². The second kappa shape index (κ2) is 19.2. The second-order valence-electron chi connectivity index (χ2n) is 15.2. The van der Waals surface area contributed by atoms with Crippen molar-refractivity contribution in [3.63, 3.8) is 0 Å². The summed E-state index contributed by atoms with van der Waals surface area (Å²) < 4.78 is 29.2. The Labute approximate surface area is 353 Å². The van der Waals surface area contributed by atoms with E-state index in [9.17, 15) is 32.7 Å². The molecule has 5 N–H and O–H groups in total. The monoisotopic (exact) mass is 848 g/mol. The van der Waals surface area contributed by atoms with Crippen LogP contribution in [0, 0.1) is 5.92 Å². The average molecular weight is 849 g/mol. The third kappa shape index (κ3) is 10.4. The van der Waals surface area contributed by atoms with Crippen molar-refractivity contribution in [2.24, 2.45) is 5.92 Å². The van der Waals surface area contributed by atoms with Crippen molar-refractivity contribution in [3.8, 4) is 0 Å². The van der Waals surface area contributed by atoms with E-state index in [0.717, 1.165) is 49.9 Å². The Morgan fingerprint density at radius 2 is 1.46 bits per heavy atom. The maximum absolute atomic E-state index is 13.9. The number of carboxylic acids is 1. The van der Waals surface area contributed by atoms with Gasteiger partial charge in [-0.15, -0.1) is 5.10 Å². The Kier molecular flexibility index (Phi) is 13.4. The summed E-state index contributed by atoms with van der Waals surface area (Å²) >= 11 is 0. The number of hydrogen-bond donors (Lipinski definition) is 5. The van der Waals surface area contributed by atoms with Gasteiger partial charge in [-0.1, -0.05) is 42.4 Å². The zero-order chi connectivity index (χ0) is 42.9. The number of aromatic amines is 1. The van der Waals surface area contributed by atoms with Crippen molar-refractivity contribution < 1.29 is 32.7 Å². The smallest absolute Gasteiger partial charge is 0.306 e. The number of benzene rings is 3. The maximum Gasteiger partial charge on any atom is 0.306 e. The summed E-state index contributed by atoms with van der Waals surface area (Å²) in [6, 6.07) is 23.5. The van der Waals surface area contributed by atoms with E-state index in [1.807, 2.05) is 24.3 Å². The van der Waals surface area contributed by atoms with Gasteiger partial charge >= 0.3 is 5.97 Å². The number of aromatic nitrogens is 5. The lowest BCUT2D eigenvalue weighted by atomic mass is 9.86. The molecule has 0 spiro atoms. The Balaban J connectivity index is 1.02. The topological polar surface area (TPSA) is 233 Å². The zero-order valence-corrected chi connectivity index (χ0v) is 34.5. The number of nitrogens with one attached hydrogen (secondary N) is 4. The number of pyridine rings is 1. The number of carboxylic acid groups (broad SMARTS) is 1. The van der Waals surface area contributed by atoms with Gasteiger partial charge in [-0.3, -0.25) is 24.5 Å². The first-order chi connectivity index (χ1) is 29.5. The molecule has 1 saturated carbocycles. The number of piperidine rings is 1. The van der Waals surface area contributed by atoms with Crippen LogP contribution >= 0.6 is 0 Å². The van der Waals surface area contributed by atoms with Gasteiger partial charge in [0.25, 0.3) is 23.7 Å². The SMILES string of the molecule is CCN(C1CCC(C(=O)O)CC1)S(=O)(=O)c1cccc(C(=O)Nc2ccc(N3CCCCC3)nc2C(=O)Nc2ccc(CCc3ccc(C(=O)Nc4nn[nH]n4)cc3)cc2)c1. The van der Waals surface area contributed by atoms with Crippen molar-refractivity contribution in [1.82, 2.24) is 29.9 Å². The van der Waals surface area contributed by atoms with Crippen LogP contribution in [-0.4, -0.2) is 92.8 Å². The number of tetrazole rings is 1. The number of aliphatic carboxylic acids is 1. The Morgan fingerprint density at radius 1 is 0.787 bits per heavy atom. The second-order valence-corrected chi connectivity index (χ2v) is 17.1. The van der Waals surface area contributed by atoms with Gasteiger partial charge in [0.05, 0.1) is 16.5 Å². The fraction of sp³-hybridized carbons (Fsp3) is 0.349. The molecule has 17 nitrogen and oxygen atoms in total. The number of aryl methyl sites for hydroxylation is 2. The number of carbonyl (C=O) groups excluding carboxylic acids is 3. The predicted octanol–water partition coefficient (Wildman–Crippen LogP) is 5.78. The summed E-state index contributed by atoms with van der Waals surface area (Å²) in [5, 5.41) is 30.9. The molecular formula is C43H48N10O7S. The zero-order valence-electron chi connectivity index (χ0n) is 33.7. The van der Waals surface area contributed by atoms with E-state index >= 15 is 0 Å². The van der Waals surface area contributed by atoms with Crippen LogP contribution in [0.25, 0.3) is 0 Å². The lowest BCUT2D eigenvalue weighted by Crippen LogP contribution is -2.42. The predicted molar refractivity (Wildman–Crippen MR) is 228 cm³/mol. The first kappa shape index (κ1) is 42.6. The van der Waals surface area contributed by atoms with Gasteiger partial charge in [-0.2, -0.15) is 9.52 Å². The first-order valence-electron chi connectivity index (χ1n) is 20.4. The summed E-state index contributed by atoms with van der Waals surface area (Å²) in [4.78, 5) is 58.5. The van der Waals surface area contributed by atoms with Crippen LogP contribution in [0.5, 0.6) is 0 Å². The van der Waals surface area contributed by atoms with Crippen molar-refractivity contribution in [3.05, 3.63) is 113 Å². The molecule has 3 amide bonds. The number of H-pyrrole nitrogens is 1. The molecule has 2 fully saturated rings. The molecule has 61 heavy (non-hydrogen) atoms. The fourth-order valence-corrected chi connectivity index (χ4v) is 9.57. The summed E-state index contributed by atoms with van der Waals surface area (Å²) in [5.74, 6) is -2.13. The Hall–Kier alpha value is -6.53. The van der Waals surface area contributed by atoms with E-state index in [0.29, 0.717) is 49.2 Å². The minimum absolute atomic E-state index is 0.00724. The van der Waals surface area contributed by atoms with Gasteiger partial charge in [0.15, 0.2) is 5.69 Å². The van der Waals surface area contributed by atoms with E-state index in [2.05, 4.69) is 41.5 Å². The van der Waals surface area contributed by atoms with Crippen LogP contribution in [0.1, 0.15) is 94.2 Å². The highest BCUT2D eigenvalue weighted by molar-refractivity contribution is 7.89. The third-order valence-corrected chi connectivity index (χ3v) is 13.2. The van der Waals surface area contributed by atoms with E-state index in [-0.39, 0.29) is 46.3 Å². The van der Waals surface area contributed by atoms with Crippen LogP contribution in [0.3, 0.4) is 0 Å². The maximum atomic E-state index is 13.9. The molecule has 0 atom stereocenters. The Bertz CT molecular complexity index is 2450. The summed E-state index contributed by atoms with van der Waals surface area (Å²) in [6.45, 7) is 3.52. The lowest BCUT2D eigenvalue weighted by Gasteiger charge is -2.34. The number of anilines is 4. The molecule has 2 aromatic heterocycles. The molecule has 1 aliphatic carbocycles. The summed E-state index contributed by atoms with van der Waals surface area (Å²) in [7, 11) is -4.02. The molecule has 7 rings (SSSR count). The molecule has 3 heterocycles. The minimum Gasteiger partial charge on any atom is -0.481 e. The van der Waals surface area contributed by atoms with E-state index in [1.165, 1.54) is 28.6 Å². The quantitative estimate of drug-likeness (QED) is 0.0844. The van der Waals surface area contributed by atoms with Gasteiger partial charge in [-0.25, -0.2) is 13.4 Å². The van der Waals surface area contributed by atoms with E-state index in [1.54, 1.807) is 43.3 Å². The van der Waals surface area contributed by atoms with Crippen molar-refractivity contribution in [1.29, 1.82) is 0 Å². The molecular weight excluding hydrogens is 801 g/mol. The normalized spacial score (nSPS) is 16.8. The van der Waals surface area contributed by atoms with Gasteiger partial charge < -0.3 is 20.6 Å². The number of amides is 3. The molecule has 18 heteroatoms. The van der Waals surface area contributed by atoms with Crippen molar-refractivity contribution >= 4 is 56.9 Å². The molecule has 0 unspecified atom stereocenters. The fourth-order valence-electron chi connectivity index (χ4n) is 7.83. The van der Waals surface area contributed by atoms with Crippen LogP contribution in [0.15, 0.2) is 89.8 Å². The largest absolute Gasteiger partial charge is 0.481 e. The van der Waals surface area contributed by atoms with Gasteiger partial charge in [-0.05, 0) is 129 Å². The van der Waals surface area contributed by atoms with Gasteiger partial charge in [0, 0.05) is 42.5 Å². The number of rotatable bonds is 15. The van der Waals surface area contributed by atoms with E-state index < -0.39 is 33.7 Å². The van der Waals surface area contributed by atoms with Crippen LogP contribution in [0.2, 0.25) is 0 Å². The van der Waals surface area contributed by atoms with Crippen LogP contribution < -0.4 is 20.9 Å². The summed E-state index contributed by atoms with van der Waals surface area (Å²) in [6.07, 6.45) is 6.20. The van der Waals surface area contributed by atoms with Gasteiger partial charge in [0.2, 0.25) is 10.0 Å². The Morgan fingerprint density at radius 3 is 2.10 bits per heavy atom. The molecule has 318 valence electrons. The van der Waals surface area contributed by atoms with Crippen molar-refractivity contribution in [2.45, 2.75) is 75.6 Å². The number of carbonyl (C=O) groups is 4. The van der Waals surface area contributed by atoms with Gasteiger partial charge in [0.1, 0.15) is 5.82 Å². The number of nitrogens with zero attached hydrogens (tertiary/aromatic N) is 6. The van der Waals surface area contributed by atoms with E-state index in [4.69, 9.17) is 4.98 Å². The minimum atomic E-state index is -4.02. The molecule has 2 aliphatic rings. The number of hydrogen-bond acceptors (Lipinski definition) is 11. The standard InChI is InChI=1S/C43H48N10O7S/c1-2-53(34-21-17-31(18-22-34)42(57)58)61(59,60)35-8-6-7-32(27-35)40(55)45-36-23-24-37(52-25-4-3-5-26-52)46-38(36)41(56)44-33-19-13-29(14-20-33)10-9-28-11-15-30(16-12-28)39(54)47-43-48-50-51-49-43/h6-8,11-16,19-20,23-24,27,31,34H,2-5,9-10,17-18,21-22,25-26H2,1H3,(H,44,56)(H,45,55)(H,57,58)(H2,47,48,49,50,51,54). The average Bonchev–Trinajstić information content (AvgIpc) is 3.80. The highest BCUT2D eigenvalue weighted by atomic mass is 32.2. The molecule has 1 saturated heterocycles. The highest BCUT2D eigenvalue weighted by Gasteiger charge is 2.35. The van der Waals surface area contributed by atoms with Crippen LogP contribution in [-0.2, 0) is 27.7 Å². The molecule has 3 aromatic carbocycles. The molecule has 0 bridgehead atoms. The molecule has 5 aromatic rings. The molecule has 1 aliphatic heterocycles. The summed E-state index contributed by atoms with van der Waals surface area (Å²) in [5.41, 5.74) is 3.31. The van der Waals surface area contributed by atoms with Crippen molar-refractivity contribution in [2.75, 3.05) is 40.5 Å². The molecule has 0 radical (unpaired) electrons. The first-order valence-corrected chi connectivity index (χ1v) is 21.9. The number of sulfonamides is 1.